The van der Waals surface area contributed by atoms with E-state index in [1.165, 1.54) is 0 Å². The van der Waals surface area contributed by atoms with Gasteiger partial charge in [0.15, 0.2) is 0 Å². The van der Waals surface area contributed by atoms with Crippen molar-refractivity contribution in [1.29, 1.82) is 0 Å². The van der Waals surface area contributed by atoms with E-state index in [4.69, 9.17) is 4.84 Å². The summed E-state index contributed by atoms with van der Waals surface area (Å²) < 4.78 is 0. The fraction of sp³-hybridized carbons (Fsp3) is 0.417. The number of hydrogen-bond acceptors (Lipinski definition) is 2. The van der Waals surface area contributed by atoms with E-state index in [9.17, 15) is 4.79 Å². The van der Waals surface area contributed by atoms with Gasteiger partial charge in [-0.1, -0.05) is 38.0 Å². The predicted octanol–water partition coefficient (Wildman–Crippen LogP) is 2.68. The van der Waals surface area contributed by atoms with Crippen molar-refractivity contribution in [3.8, 4) is 0 Å². The third kappa shape index (κ3) is 4.13. The minimum Gasteiger partial charge on any atom is -0.266 e. The first-order valence-corrected chi connectivity index (χ1v) is 5.24. The largest absolute Gasteiger partial charge is 0.342 e. The Bertz CT molecular complexity index is 274. The molecule has 1 amide bonds. The standard InChI is InChI=1S/C12H16NO2/c1-2-3-7-10-15-13(11-14)12-8-5-4-6-9-12/h4-6,8-9H,2-3,7,10H2,1H3. The van der Waals surface area contributed by atoms with Crippen LogP contribution >= 0.6 is 0 Å². The summed E-state index contributed by atoms with van der Waals surface area (Å²) >= 11 is 0. The number of hydrogen-bond donors (Lipinski definition) is 0. The molecule has 1 rings (SSSR count). The molecule has 0 atom stereocenters. The molecule has 0 fully saturated rings. The topological polar surface area (TPSA) is 29.5 Å². The molecule has 0 aliphatic heterocycles. The van der Waals surface area contributed by atoms with Crippen LogP contribution < -0.4 is 5.06 Å². The van der Waals surface area contributed by atoms with Crippen molar-refractivity contribution in [3.63, 3.8) is 0 Å². The zero-order valence-electron chi connectivity index (χ0n) is 8.98. The molecule has 1 aromatic carbocycles. The zero-order valence-corrected chi connectivity index (χ0v) is 8.98. The van der Waals surface area contributed by atoms with Gasteiger partial charge in [-0.3, -0.25) is 9.63 Å². The zero-order chi connectivity index (χ0) is 10.9. The summed E-state index contributed by atoms with van der Waals surface area (Å²) in [5, 5.41) is 1.15. The summed E-state index contributed by atoms with van der Waals surface area (Å²) in [6.45, 7) is 2.68. The van der Waals surface area contributed by atoms with E-state index in [1.807, 2.05) is 30.3 Å². The van der Waals surface area contributed by atoms with Crippen LogP contribution in [0.1, 0.15) is 26.2 Å². The van der Waals surface area contributed by atoms with Crippen LogP contribution in [0.25, 0.3) is 0 Å². The first-order valence-electron chi connectivity index (χ1n) is 5.24. The van der Waals surface area contributed by atoms with Gasteiger partial charge in [0.1, 0.15) is 0 Å². The van der Waals surface area contributed by atoms with E-state index in [0.717, 1.165) is 24.3 Å². The lowest BCUT2D eigenvalue weighted by Crippen LogP contribution is -2.21. The molecule has 0 aromatic heterocycles. The number of carbonyl (C=O) groups excluding carboxylic acids is 1. The minimum atomic E-state index is 0.554. The highest BCUT2D eigenvalue weighted by Gasteiger charge is 2.05. The maximum atomic E-state index is 10.6. The smallest absolute Gasteiger partial charge is 0.266 e. The maximum Gasteiger partial charge on any atom is 0.342 e. The Morgan fingerprint density at radius 1 is 1.27 bits per heavy atom. The minimum absolute atomic E-state index is 0.554. The molecule has 0 heterocycles. The Hall–Kier alpha value is -1.35. The number of hydroxylamine groups is 1. The first-order chi connectivity index (χ1) is 7.38. The van der Waals surface area contributed by atoms with Crippen LogP contribution in [0.4, 0.5) is 5.69 Å². The molecule has 0 spiro atoms. The molecule has 0 N–H and O–H groups in total. The van der Waals surface area contributed by atoms with E-state index in [0.29, 0.717) is 12.3 Å². The number of benzene rings is 1. The van der Waals surface area contributed by atoms with Crippen molar-refractivity contribution >= 4 is 12.1 Å². The molecule has 0 aliphatic rings. The van der Waals surface area contributed by atoms with E-state index in [2.05, 4.69) is 6.92 Å². The second-order valence-corrected chi connectivity index (χ2v) is 3.26. The van der Waals surface area contributed by atoms with Crippen LogP contribution in [0, 0.1) is 0 Å². The van der Waals surface area contributed by atoms with Crippen molar-refractivity contribution in [3.05, 3.63) is 30.3 Å². The molecular weight excluding hydrogens is 190 g/mol. The molecule has 0 aliphatic carbocycles. The lowest BCUT2D eigenvalue weighted by atomic mass is 10.3. The van der Waals surface area contributed by atoms with Crippen molar-refractivity contribution < 1.29 is 9.63 Å². The molecule has 3 nitrogen and oxygen atoms in total. The van der Waals surface area contributed by atoms with Gasteiger partial charge in [-0.15, -0.1) is 0 Å². The van der Waals surface area contributed by atoms with Crippen LogP contribution in [0.5, 0.6) is 0 Å². The van der Waals surface area contributed by atoms with E-state index >= 15 is 0 Å². The highest BCUT2D eigenvalue weighted by Crippen LogP contribution is 2.11. The van der Waals surface area contributed by atoms with Gasteiger partial charge in [-0.05, 0) is 18.6 Å². The lowest BCUT2D eigenvalue weighted by molar-refractivity contribution is 0.136. The number of anilines is 1. The second kappa shape index (κ2) is 7.01. The van der Waals surface area contributed by atoms with Crippen molar-refractivity contribution in [2.75, 3.05) is 11.7 Å². The quantitative estimate of drug-likeness (QED) is 0.390. The number of unbranched alkanes of at least 4 members (excludes halogenated alkanes) is 2. The molecule has 15 heavy (non-hydrogen) atoms. The molecule has 1 radical (unpaired) electrons. The third-order valence-corrected chi connectivity index (χ3v) is 2.04. The summed E-state index contributed by atoms with van der Waals surface area (Å²) in [7, 11) is 0. The predicted molar refractivity (Wildman–Crippen MR) is 60.1 cm³/mol. The summed E-state index contributed by atoms with van der Waals surface area (Å²) in [5.74, 6) is 0. The van der Waals surface area contributed by atoms with Crippen molar-refractivity contribution in [2.24, 2.45) is 0 Å². The van der Waals surface area contributed by atoms with Crippen molar-refractivity contribution in [1.82, 2.24) is 0 Å². The average molecular weight is 206 g/mol. The molecule has 0 saturated carbocycles. The normalized spacial score (nSPS) is 9.93. The Labute approximate surface area is 90.6 Å². The molecule has 1 aromatic rings. The van der Waals surface area contributed by atoms with Crippen molar-refractivity contribution in [2.45, 2.75) is 26.2 Å². The van der Waals surface area contributed by atoms with Crippen LogP contribution in [0.15, 0.2) is 30.3 Å². The SMILES string of the molecule is CCCCCON([C]=O)c1ccccc1. The Morgan fingerprint density at radius 2 is 2.00 bits per heavy atom. The van der Waals surface area contributed by atoms with Crippen LogP contribution in [0.3, 0.4) is 0 Å². The van der Waals surface area contributed by atoms with Gasteiger partial charge >= 0.3 is 6.41 Å². The van der Waals surface area contributed by atoms with Gasteiger partial charge in [-0.25, -0.2) is 0 Å². The molecule has 0 bridgehead atoms. The summed E-state index contributed by atoms with van der Waals surface area (Å²) in [6.07, 6.45) is 4.97. The summed E-state index contributed by atoms with van der Waals surface area (Å²) in [5.41, 5.74) is 0.712. The van der Waals surface area contributed by atoms with E-state index in [-0.39, 0.29) is 0 Å². The van der Waals surface area contributed by atoms with Crippen LogP contribution in [-0.4, -0.2) is 13.0 Å². The number of amides is 1. The summed E-state index contributed by atoms with van der Waals surface area (Å²) in [4.78, 5) is 15.9. The van der Waals surface area contributed by atoms with Gasteiger partial charge in [0.2, 0.25) is 0 Å². The highest BCUT2D eigenvalue weighted by molar-refractivity contribution is 5.72. The molecule has 0 saturated heterocycles. The lowest BCUT2D eigenvalue weighted by Gasteiger charge is -2.15. The van der Waals surface area contributed by atoms with Crippen LogP contribution in [-0.2, 0) is 9.63 Å². The Kier molecular flexibility index (Phi) is 5.48. The number of para-hydroxylation sites is 1. The first kappa shape index (κ1) is 11.7. The molecule has 3 heteroatoms. The fourth-order valence-corrected chi connectivity index (χ4v) is 1.22. The van der Waals surface area contributed by atoms with E-state index < -0.39 is 0 Å². The van der Waals surface area contributed by atoms with Gasteiger partial charge in [0, 0.05) is 0 Å². The van der Waals surface area contributed by atoms with Gasteiger partial charge in [0.25, 0.3) is 0 Å². The van der Waals surface area contributed by atoms with Gasteiger partial charge in [-0.2, -0.15) is 5.06 Å². The van der Waals surface area contributed by atoms with Gasteiger partial charge in [0.05, 0.1) is 12.3 Å². The molecular formula is C12H16NO2. The van der Waals surface area contributed by atoms with E-state index in [1.54, 1.807) is 6.41 Å². The Balaban J connectivity index is 2.39. The third-order valence-electron chi connectivity index (χ3n) is 2.04. The number of rotatable bonds is 7. The van der Waals surface area contributed by atoms with Gasteiger partial charge < -0.3 is 0 Å². The second-order valence-electron chi connectivity index (χ2n) is 3.26. The summed E-state index contributed by atoms with van der Waals surface area (Å²) in [6, 6.07) is 9.23. The highest BCUT2D eigenvalue weighted by atomic mass is 16.7. The van der Waals surface area contributed by atoms with Crippen LogP contribution in [0.2, 0.25) is 0 Å². The Morgan fingerprint density at radius 3 is 2.60 bits per heavy atom. The maximum absolute atomic E-state index is 10.6. The monoisotopic (exact) mass is 206 g/mol. The molecule has 0 unspecified atom stereocenters. The number of nitrogens with zero attached hydrogens (tertiary/aromatic N) is 1. The average Bonchev–Trinajstić information content (AvgIpc) is 2.30. The fourth-order valence-electron chi connectivity index (χ4n) is 1.22. The molecule has 81 valence electrons.